The monoisotopic (exact) mass is 310 g/mol. The van der Waals surface area contributed by atoms with Gasteiger partial charge in [0.25, 0.3) is 5.56 Å². The molecule has 3 rings (SSSR count). The summed E-state index contributed by atoms with van der Waals surface area (Å²) in [6.45, 7) is 1.86. The maximum Gasteiger partial charge on any atom is 0.296 e. The third kappa shape index (κ3) is 2.66. The van der Waals surface area contributed by atoms with Gasteiger partial charge in [0, 0.05) is 7.05 Å². The number of hydrazine groups is 1. The Kier molecular flexibility index (Phi) is 3.80. The first kappa shape index (κ1) is 14.8. The van der Waals surface area contributed by atoms with Crippen LogP contribution in [-0.4, -0.2) is 14.5 Å². The molecule has 0 fully saturated rings. The SMILES string of the molecule is Cc1c(NNc2ccccc2O)c(=O)n(-c2ccccc2)n1C. The molecule has 0 bridgehead atoms. The first-order chi connectivity index (χ1) is 11.1. The summed E-state index contributed by atoms with van der Waals surface area (Å²) >= 11 is 0. The Morgan fingerprint density at radius 2 is 1.61 bits per heavy atom. The van der Waals surface area contributed by atoms with E-state index in [-0.39, 0.29) is 11.3 Å². The van der Waals surface area contributed by atoms with Crippen molar-refractivity contribution in [1.82, 2.24) is 9.36 Å². The molecule has 0 atom stereocenters. The van der Waals surface area contributed by atoms with E-state index in [1.807, 2.05) is 44.3 Å². The van der Waals surface area contributed by atoms with Gasteiger partial charge in [0.15, 0.2) is 0 Å². The molecular formula is C17H18N4O2. The molecule has 0 saturated carbocycles. The molecule has 0 aliphatic rings. The molecule has 3 aromatic rings. The van der Waals surface area contributed by atoms with Gasteiger partial charge in [0.1, 0.15) is 11.4 Å². The predicted molar refractivity (Wildman–Crippen MR) is 91.1 cm³/mol. The molecule has 0 aliphatic carbocycles. The fourth-order valence-electron chi connectivity index (χ4n) is 2.42. The van der Waals surface area contributed by atoms with Gasteiger partial charge in [-0.1, -0.05) is 30.3 Å². The number of aromatic nitrogens is 2. The molecular weight excluding hydrogens is 292 g/mol. The second-order valence-electron chi connectivity index (χ2n) is 5.20. The highest BCUT2D eigenvalue weighted by Crippen LogP contribution is 2.22. The van der Waals surface area contributed by atoms with Crippen molar-refractivity contribution in [3.63, 3.8) is 0 Å². The summed E-state index contributed by atoms with van der Waals surface area (Å²) in [5.74, 6) is 0.108. The highest BCUT2D eigenvalue weighted by molar-refractivity contribution is 5.60. The summed E-state index contributed by atoms with van der Waals surface area (Å²) in [5, 5.41) is 9.77. The van der Waals surface area contributed by atoms with Crippen molar-refractivity contribution in [3.05, 3.63) is 70.6 Å². The van der Waals surface area contributed by atoms with Crippen LogP contribution in [0.4, 0.5) is 11.4 Å². The van der Waals surface area contributed by atoms with Gasteiger partial charge < -0.3 is 5.11 Å². The van der Waals surface area contributed by atoms with E-state index in [9.17, 15) is 9.90 Å². The molecule has 0 spiro atoms. The molecule has 1 aromatic heterocycles. The average Bonchev–Trinajstić information content (AvgIpc) is 2.78. The molecule has 6 nitrogen and oxygen atoms in total. The van der Waals surface area contributed by atoms with Crippen molar-refractivity contribution in [1.29, 1.82) is 0 Å². The third-order valence-corrected chi connectivity index (χ3v) is 3.78. The summed E-state index contributed by atoms with van der Waals surface area (Å²) in [5.41, 5.74) is 8.12. The van der Waals surface area contributed by atoms with Crippen LogP contribution in [0.2, 0.25) is 0 Å². The minimum absolute atomic E-state index is 0.108. The van der Waals surface area contributed by atoms with Gasteiger partial charge in [-0.05, 0) is 31.2 Å². The van der Waals surface area contributed by atoms with E-state index in [4.69, 9.17) is 0 Å². The topological polar surface area (TPSA) is 71.2 Å². The number of hydrogen-bond acceptors (Lipinski definition) is 4. The fourth-order valence-corrected chi connectivity index (χ4v) is 2.42. The first-order valence-corrected chi connectivity index (χ1v) is 7.23. The van der Waals surface area contributed by atoms with Gasteiger partial charge >= 0.3 is 0 Å². The van der Waals surface area contributed by atoms with E-state index >= 15 is 0 Å². The van der Waals surface area contributed by atoms with Crippen molar-refractivity contribution < 1.29 is 5.11 Å². The Balaban J connectivity index is 1.95. The summed E-state index contributed by atoms with van der Waals surface area (Å²) < 4.78 is 3.37. The first-order valence-electron chi connectivity index (χ1n) is 7.23. The number of rotatable bonds is 4. The van der Waals surface area contributed by atoms with E-state index in [0.29, 0.717) is 11.4 Å². The molecule has 0 amide bonds. The van der Waals surface area contributed by atoms with Gasteiger partial charge in [0.2, 0.25) is 0 Å². The highest BCUT2D eigenvalue weighted by Gasteiger charge is 2.15. The Morgan fingerprint density at radius 1 is 0.957 bits per heavy atom. The number of para-hydroxylation sites is 3. The van der Waals surface area contributed by atoms with Crippen LogP contribution < -0.4 is 16.4 Å². The minimum atomic E-state index is -0.167. The molecule has 1 heterocycles. The number of nitrogens with one attached hydrogen (secondary N) is 2. The van der Waals surface area contributed by atoms with Crippen molar-refractivity contribution in [2.45, 2.75) is 6.92 Å². The lowest BCUT2D eigenvalue weighted by Crippen LogP contribution is -2.22. The van der Waals surface area contributed by atoms with Crippen molar-refractivity contribution in [3.8, 4) is 11.4 Å². The lowest BCUT2D eigenvalue weighted by molar-refractivity contribution is 0.477. The van der Waals surface area contributed by atoms with Gasteiger partial charge in [-0.15, -0.1) is 0 Å². The maximum absolute atomic E-state index is 12.7. The molecule has 6 heteroatoms. The maximum atomic E-state index is 12.7. The number of aromatic hydroxyl groups is 1. The second kappa shape index (κ2) is 5.92. The van der Waals surface area contributed by atoms with Gasteiger partial charge in [-0.25, -0.2) is 4.68 Å². The highest BCUT2D eigenvalue weighted by atomic mass is 16.3. The lowest BCUT2D eigenvalue weighted by Gasteiger charge is -2.09. The summed E-state index contributed by atoms with van der Waals surface area (Å²) in [6.07, 6.45) is 0. The van der Waals surface area contributed by atoms with E-state index in [2.05, 4.69) is 10.9 Å². The van der Waals surface area contributed by atoms with Crippen LogP contribution in [-0.2, 0) is 7.05 Å². The molecule has 3 N–H and O–H groups in total. The zero-order valence-corrected chi connectivity index (χ0v) is 12.9. The zero-order valence-electron chi connectivity index (χ0n) is 12.9. The number of phenols is 1. The molecule has 2 aromatic carbocycles. The largest absolute Gasteiger partial charge is 0.506 e. The second-order valence-corrected chi connectivity index (χ2v) is 5.20. The number of phenolic OH excluding ortho intramolecular Hbond substituents is 1. The van der Waals surface area contributed by atoms with Gasteiger partial charge in [-0.3, -0.25) is 20.3 Å². The number of anilines is 2. The van der Waals surface area contributed by atoms with Crippen molar-refractivity contribution >= 4 is 11.4 Å². The number of nitrogens with zero attached hydrogens (tertiary/aromatic N) is 2. The van der Waals surface area contributed by atoms with Gasteiger partial charge in [-0.2, -0.15) is 0 Å². The normalized spacial score (nSPS) is 10.5. The summed E-state index contributed by atoms with van der Waals surface area (Å²) in [7, 11) is 1.83. The van der Waals surface area contributed by atoms with E-state index in [0.717, 1.165) is 11.4 Å². The Labute approximate surface area is 133 Å². The summed E-state index contributed by atoms with van der Waals surface area (Å²) in [6, 6.07) is 16.3. The molecule has 0 aliphatic heterocycles. The lowest BCUT2D eigenvalue weighted by atomic mass is 10.3. The average molecular weight is 310 g/mol. The molecule has 118 valence electrons. The van der Waals surface area contributed by atoms with Crippen LogP contribution in [0.1, 0.15) is 5.69 Å². The van der Waals surface area contributed by atoms with Gasteiger partial charge in [0.05, 0.1) is 17.1 Å². The Hall–Kier alpha value is -3.15. The third-order valence-electron chi connectivity index (χ3n) is 3.78. The molecule has 23 heavy (non-hydrogen) atoms. The van der Waals surface area contributed by atoms with Crippen LogP contribution in [0.3, 0.4) is 0 Å². The predicted octanol–water partition coefficient (Wildman–Crippen LogP) is 2.63. The van der Waals surface area contributed by atoms with Crippen LogP contribution in [0.15, 0.2) is 59.4 Å². The van der Waals surface area contributed by atoms with Crippen molar-refractivity contribution in [2.75, 3.05) is 10.9 Å². The molecule has 0 unspecified atom stereocenters. The number of hydrogen-bond donors (Lipinski definition) is 3. The Morgan fingerprint density at radius 3 is 2.30 bits per heavy atom. The van der Waals surface area contributed by atoms with Crippen LogP contribution in [0, 0.1) is 6.92 Å². The fraction of sp³-hybridized carbons (Fsp3) is 0.118. The van der Waals surface area contributed by atoms with E-state index in [1.165, 1.54) is 0 Å². The van der Waals surface area contributed by atoms with Crippen LogP contribution in [0.25, 0.3) is 5.69 Å². The van der Waals surface area contributed by atoms with Crippen molar-refractivity contribution in [2.24, 2.45) is 7.05 Å². The molecule has 0 radical (unpaired) electrons. The summed E-state index contributed by atoms with van der Waals surface area (Å²) in [4.78, 5) is 12.7. The molecule has 0 saturated heterocycles. The van der Waals surface area contributed by atoms with E-state index < -0.39 is 0 Å². The Bertz CT molecular complexity index is 881. The van der Waals surface area contributed by atoms with Crippen LogP contribution >= 0.6 is 0 Å². The van der Waals surface area contributed by atoms with E-state index in [1.54, 1.807) is 33.6 Å². The smallest absolute Gasteiger partial charge is 0.296 e. The minimum Gasteiger partial charge on any atom is -0.506 e. The van der Waals surface area contributed by atoms with Crippen LogP contribution in [0.5, 0.6) is 5.75 Å². The zero-order chi connectivity index (χ0) is 16.4. The number of benzene rings is 2. The standard InChI is InChI=1S/C17H18N4O2/c1-12-16(19-18-14-10-6-7-11-15(14)22)17(23)21(20(12)2)13-8-4-3-5-9-13/h3-11,18-19,22H,1-2H3. The quantitative estimate of drug-likeness (QED) is 0.512.